The molecule has 0 spiro atoms. The zero-order valence-corrected chi connectivity index (χ0v) is 18.5. The molecule has 1 saturated heterocycles. The summed E-state index contributed by atoms with van der Waals surface area (Å²) in [6.45, 7) is 4.42. The van der Waals surface area contributed by atoms with E-state index in [-0.39, 0.29) is 22.8 Å². The number of hydrogen-bond acceptors (Lipinski definition) is 5. The van der Waals surface area contributed by atoms with E-state index in [1.807, 2.05) is 19.9 Å². The van der Waals surface area contributed by atoms with Gasteiger partial charge in [0.2, 0.25) is 0 Å². The van der Waals surface area contributed by atoms with Gasteiger partial charge in [-0.2, -0.15) is 0 Å². The lowest BCUT2D eigenvalue weighted by molar-refractivity contribution is -0.132. The van der Waals surface area contributed by atoms with Gasteiger partial charge in [-0.3, -0.25) is 14.5 Å². The number of phenolic OH excluding ortho intramolecular Hbond substituents is 1. The highest BCUT2D eigenvalue weighted by Crippen LogP contribution is 2.44. The molecule has 168 valence electrons. The van der Waals surface area contributed by atoms with Crippen LogP contribution >= 0.6 is 0 Å². The van der Waals surface area contributed by atoms with Crippen molar-refractivity contribution in [2.45, 2.75) is 26.3 Å². The number of aromatic hydroxyl groups is 1. The average molecular weight is 443 g/mol. The summed E-state index contributed by atoms with van der Waals surface area (Å²) in [5, 5.41) is 21.7. The summed E-state index contributed by atoms with van der Waals surface area (Å²) in [5.41, 5.74) is 2.04. The van der Waals surface area contributed by atoms with E-state index in [1.165, 1.54) is 11.0 Å². The van der Waals surface area contributed by atoms with Crippen LogP contribution in [-0.2, 0) is 9.59 Å². The van der Waals surface area contributed by atoms with Crippen LogP contribution in [-0.4, -0.2) is 28.5 Å². The Morgan fingerprint density at radius 3 is 2.36 bits per heavy atom. The number of ketones is 1. The predicted octanol–water partition coefficient (Wildman–Crippen LogP) is 5.12. The number of carbonyl (C=O) groups is 2. The molecule has 1 atom stereocenters. The van der Waals surface area contributed by atoms with Crippen LogP contribution in [0.15, 0.2) is 78.4 Å². The first-order valence-corrected chi connectivity index (χ1v) is 10.8. The number of phenols is 1. The first kappa shape index (κ1) is 22.1. The maximum atomic E-state index is 13.2. The fourth-order valence-corrected chi connectivity index (χ4v) is 3.94. The number of carbonyl (C=O) groups excluding carboxylic acids is 2. The van der Waals surface area contributed by atoms with E-state index >= 15 is 0 Å². The Morgan fingerprint density at radius 1 is 1.00 bits per heavy atom. The SMILES string of the molecule is CCCOc1ccc(/C(O)=C2\C(=O)C(=O)N(c3cc(C)ccc3O)C2c2ccccc2)cc1. The van der Waals surface area contributed by atoms with Gasteiger partial charge in [0.25, 0.3) is 11.7 Å². The van der Waals surface area contributed by atoms with Gasteiger partial charge < -0.3 is 14.9 Å². The van der Waals surface area contributed by atoms with Crippen molar-refractivity contribution >= 4 is 23.1 Å². The molecule has 2 N–H and O–H groups in total. The summed E-state index contributed by atoms with van der Waals surface area (Å²) >= 11 is 0. The molecule has 0 bridgehead atoms. The lowest BCUT2D eigenvalue weighted by Crippen LogP contribution is -2.29. The minimum absolute atomic E-state index is 0.0330. The number of anilines is 1. The van der Waals surface area contributed by atoms with E-state index in [0.29, 0.717) is 23.5 Å². The zero-order chi connectivity index (χ0) is 23.5. The van der Waals surface area contributed by atoms with Gasteiger partial charge in [-0.1, -0.05) is 43.3 Å². The molecule has 6 heteroatoms. The molecule has 1 unspecified atom stereocenters. The molecule has 4 rings (SSSR count). The highest BCUT2D eigenvalue weighted by atomic mass is 16.5. The van der Waals surface area contributed by atoms with Crippen molar-refractivity contribution in [3.8, 4) is 11.5 Å². The second-order valence-electron chi connectivity index (χ2n) is 7.94. The van der Waals surface area contributed by atoms with Crippen LogP contribution in [0.2, 0.25) is 0 Å². The monoisotopic (exact) mass is 443 g/mol. The molecule has 1 aliphatic rings. The Balaban J connectivity index is 1.86. The first-order valence-electron chi connectivity index (χ1n) is 10.8. The van der Waals surface area contributed by atoms with Crippen molar-refractivity contribution in [1.82, 2.24) is 0 Å². The lowest BCUT2D eigenvalue weighted by atomic mass is 9.95. The number of benzene rings is 3. The van der Waals surface area contributed by atoms with Crippen LogP contribution in [0.3, 0.4) is 0 Å². The Kier molecular flexibility index (Phi) is 6.18. The van der Waals surface area contributed by atoms with E-state index in [1.54, 1.807) is 60.7 Å². The van der Waals surface area contributed by atoms with E-state index in [2.05, 4.69) is 0 Å². The quantitative estimate of drug-likeness (QED) is 0.314. The first-order chi connectivity index (χ1) is 15.9. The number of aryl methyl sites for hydroxylation is 1. The fourth-order valence-electron chi connectivity index (χ4n) is 3.94. The minimum atomic E-state index is -0.894. The number of aliphatic hydroxyl groups is 1. The van der Waals surface area contributed by atoms with Crippen molar-refractivity contribution in [3.05, 3.63) is 95.1 Å². The van der Waals surface area contributed by atoms with Gasteiger partial charge in [0.1, 0.15) is 17.3 Å². The standard InChI is InChI=1S/C27H25NO5/c1-3-15-33-20-12-10-19(11-13-20)25(30)23-24(18-7-5-4-6-8-18)28(27(32)26(23)31)21-16-17(2)9-14-22(21)29/h4-14,16,24,29-30H,3,15H2,1-2H3/b25-23+. The average Bonchev–Trinajstić information content (AvgIpc) is 3.10. The second-order valence-corrected chi connectivity index (χ2v) is 7.94. The van der Waals surface area contributed by atoms with E-state index in [0.717, 1.165) is 12.0 Å². The summed E-state index contributed by atoms with van der Waals surface area (Å²) in [5.74, 6) is -1.37. The molecule has 3 aromatic rings. The number of rotatable bonds is 6. The van der Waals surface area contributed by atoms with E-state index < -0.39 is 17.7 Å². The molecule has 0 aliphatic carbocycles. The van der Waals surface area contributed by atoms with Crippen molar-refractivity contribution in [3.63, 3.8) is 0 Å². The molecule has 3 aromatic carbocycles. The highest BCUT2D eigenvalue weighted by Gasteiger charge is 2.47. The third-order valence-electron chi connectivity index (χ3n) is 5.55. The number of nitrogens with zero attached hydrogens (tertiary/aromatic N) is 1. The second kappa shape index (κ2) is 9.20. The maximum absolute atomic E-state index is 13.2. The van der Waals surface area contributed by atoms with Gasteiger partial charge in [-0.25, -0.2) is 0 Å². The van der Waals surface area contributed by atoms with Crippen molar-refractivity contribution in [1.29, 1.82) is 0 Å². The van der Waals surface area contributed by atoms with Crippen LogP contribution in [0.5, 0.6) is 11.5 Å². The molecule has 33 heavy (non-hydrogen) atoms. The number of aliphatic hydroxyl groups excluding tert-OH is 1. The van der Waals surface area contributed by atoms with Gasteiger partial charge in [-0.05, 0) is 60.9 Å². The third kappa shape index (κ3) is 4.20. The topological polar surface area (TPSA) is 87.1 Å². The normalized spacial score (nSPS) is 17.4. The summed E-state index contributed by atoms with van der Waals surface area (Å²) in [4.78, 5) is 27.6. The molecule has 1 heterocycles. The summed E-state index contributed by atoms with van der Waals surface area (Å²) < 4.78 is 5.59. The van der Waals surface area contributed by atoms with Gasteiger partial charge in [0.05, 0.1) is 23.9 Å². The third-order valence-corrected chi connectivity index (χ3v) is 5.55. The van der Waals surface area contributed by atoms with Crippen LogP contribution in [0, 0.1) is 6.92 Å². The van der Waals surface area contributed by atoms with Gasteiger partial charge >= 0.3 is 0 Å². The molecular formula is C27H25NO5. The molecule has 0 aromatic heterocycles. The summed E-state index contributed by atoms with van der Waals surface area (Å²) in [6.07, 6.45) is 0.869. The van der Waals surface area contributed by atoms with Crippen LogP contribution in [0.4, 0.5) is 5.69 Å². The van der Waals surface area contributed by atoms with Crippen molar-refractivity contribution < 1.29 is 24.5 Å². The molecule has 0 saturated carbocycles. The smallest absolute Gasteiger partial charge is 0.300 e. The number of amides is 1. The Labute approximate surface area is 192 Å². The van der Waals surface area contributed by atoms with Crippen LogP contribution in [0.25, 0.3) is 5.76 Å². The molecule has 1 aliphatic heterocycles. The Morgan fingerprint density at radius 2 is 1.70 bits per heavy atom. The Hall–Kier alpha value is -4.06. The summed E-state index contributed by atoms with van der Waals surface area (Å²) in [6, 6.07) is 19.7. The zero-order valence-electron chi connectivity index (χ0n) is 18.5. The molecule has 0 radical (unpaired) electrons. The molecule has 1 fully saturated rings. The van der Waals surface area contributed by atoms with E-state index in [9.17, 15) is 19.8 Å². The van der Waals surface area contributed by atoms with E-state index in [4.69, 9.17) is 4.74 Å². The predicted molar refractivity (Wildman–Crippen MR) is 126 cm³/mol. The van der Waals surface area contributed by atoms with Gasteiger partial charge in [0.15, 0.2) is 0 Å². The maximum Gasteiger partial charge on any atom is 0.300 e. The van der Waals surface area contributed by atoms with Crippen molar-refractivity contribution in [2.75, 3.05) is 11.5 Å². The number of Topliss-reactive ketones (excluding diaryl/α,β-unsaturated/α-hetero) is 1. The van der Waals surface area contributed by atoms with Crippen LogP contribution in [0.1, 0.15) is 36.1 Å². The number of hydrogen-bond donors (Lipinski definition) is 2. The highest BCUT2D eigenvalue weighted by molar-refractivity contribution is 6.51. The minimum Gasteiger partial charge on any atom is -0.507 e. The molecule has 6 nitrogen and oxygen atoms in total. The number of ether oxygens (including phenoxy) is 1. The summed E-state index contributed by atoms with van der Waals surface area (Å²) in [7, 11) is 0. The van der Waals surface area contributed by atoms with Gasteiger partial charge in [0, 0.05) is 5.56 Å². The largest absolute Gasteiger partial charge is 0.507 e. The molecular weight excluding hydrogens is 418 g/mol. The van der Waals surface area contributed by atoms with Crippen molar-refractivity contribution in [2.24, 2.45) is 0 Å². The van der Waals surface area contributed by atoms with Gasteiger partial charge in [-0.15, -0.1) is 0 Å². The molecule has 1 amide bonds. The Bertz CT molecular complexity index is 1220. The lowest BCUT2D eigenvalue weighted by Gasteiger charge is -2.26. The fraction of sp³-hybridized carbons (Fsp3) is 0.185. The van der Waals surface area contributed by atoms with Crippen LogP contribution < -0.4 is 9.64 Å².